The topological polar surface area (TPSA) is 95.9 Å². The van der Waals surface area contributed by atoms with Gasteiger partial charge in [0.1, 0.15) is 10.5 Å². The van der Waals surface area contributed by atoms with Crippen LogP contribution in [0.4, 0.5) is 4.79 Å². The van der Waals surface area contributed by atoms with E-state index in [0.717, 1.165) is 17.7 Å². The highest BCUT2D eigenvalue weighted by Crippen LogP contribution is 2.14. The number of H-pyrrole nitrogens is 1. The Balaban J connectivity index is 1.32. The lowest BCUT2D eigenvalue weighted by Gasteiger charge is -2.17. The first-order valence-electron chi connectivity index (χ1n) is 9.07. The maximum absolute atomic E-state index is 12.4. The van der Waals surface area contributed by atoms with Crippen molar-refractivity contribution < 1.29 is 4.79 Å². The number of fused-ring (bicyclic) bond motifs is 1. The fraction of sp³-hybridized carbons (Fsp3) is 0.200. The fourth-order valence-corrected chi connectivity index (χ4v) is 3.68. The van der Waals surface area contributed by atoms with Gasteiger partial charge in [0.2, 0.25) is 0 Å². The molecule has 1 aromatic carbocycles. The fourth-order valence-electron chi connectivity index (χ4n) is 2.96. The summed E-state index contributed by atoms with van der Waals surface area (Å²) in [6, 6.07) is 9.63. The molecule has 0 radical (unpaired) electrons. The first-order chi connectivity index (χ1) is 14.1. The molecular weight excluding hydrogens is 388 g/mol. The summed E-state index contributed by atoms with van der Waals surface area (Å²) in [4.78, 5) is 37.1. The average Bonchev–Trinajstić information content (AvgIpc) is 3.39. The van der Waals surface area contributed by atoms with E-state index in [2.05, 4.69) is 20.3 Å². The smallest absolute Gasteiger partial charge is 0.317 e. The van der Waals surface area contributed by atoms with Crippen LogP contribution in [0.2, 0.25) is 0 Å². The van der Waals surface area contributed by atoms with Crippen LogP contribution in [0, 0.1) is 0 Å². The molecule has 0 bridgehead atoms. The molecule has 4 aromatic rings. The van der Waals surface area contributed by atoms with Crippen molar-refractivity contribution in [1.82, 2.24) is 29.7 Å². The lowest BCUT2D eigenvalue weighted by molar-refractivity contribution is 0.205. The van der Waals surface area contributed by atoms with Gasteiger partial charge < -0.3 is 19.8 Å². The summed E-state index contributed by atoms with van der Waals surface area (Å²) >= 11 is 1.35. The number of amides is 2. The largest absolute Gasteiger partial charge is 0.334 e. The van der Waals surface area contributed by atoms with E-state index in [1.165, 1.54) is 16.2 Å². The number of imidazole rings is 1. The van der Waals surface area contributed by atoms with Crippen LogP contribution in [0.1, 0.15) is 17.0 Å². The molecule has 2 N–H and O–H groups in total. The monoisotopic (exact) mass is 408 g/mol. The van der Waals surface area contributed by atoms with Gasteiger partial charge in [-0.15, -0.1) is 11.3 Å². The van der Waals surface area contributed by atoms with Gasteiger partial charge in [-0.2, -0.15) is 0 Å². The minimum atomic E-state index is -0.236. The van der Waals surface area contributed by atoms with Crippen molar-refractivity contribution >= 4 is 27.6 Å². The Bertz CT molecular complexity index is 1160. The van der Waals surface area contributed by atoms with E-state index >= 15 is 0 Å². The van der Waals surface area contributed by atoms with E-state index < -0.39 is 0 Å². The molecule has 0 unspecified atom stereocenters. The number of carbonyl (C=O) groups excluding carboxylic acids is 1. The zero-order valence-corrected chi connectivity index (χ0v) is 16.6. The molecule has 9 heteroatoms. The molecule has 8 nitrogen and oxygen atoms in total. The molecule has 0 spiro atoms. The third kappa shape index (κ3) is 4.52. The number of urea groups is 1. The van der Waals surface area contributed by atoms with E-state index in [1.54, 1.807) is 25.6 Å². The SMILES string of the molecule is CN(Cc1nc2ccsc2c(=O)[nH]1)C(=O)NCc1ccc(Cn2ccnc2)cc1. The van der Waals surface area contributed by atoms with E-state index in [9.17, 15) is 9.59 Å². The quantitative estimate of drug-likeness (QED) is 0.513. The highest BCUT2D eigenvalue weighted by atomic mass is 32.1. The Labute approximate surface area is 170 Å². The summed E-state index contributed by atoms with van der Waals surface area (Å²) in [5, 5.41) is 4.71. The van der Waals surface area contributed by atoms with Crippen molar-refractivity contribution in [1.29, 1.82) is 0 Å². The van der Waals surface area contributed by atoms with E-state index in [-0.39, 0.29) is 18.1 Å². The van der Waals surface area contributed by atoms with Gasteiger partial charge in [-0.25, -0.2) is 14.8 Å². The van der Waals surface area contributed by atoms with Crippen molar-refractivity contribution in [2.45, 2.75) is 19.6 Å². The normalized spacial score (nSPS) is 10.9. The predicted octanol–water partition coefficient (Wildman–Crippen LogP) is 2.57. The Morgan fingerprint density at radius 1 is 1.24 bits per heavy atom. The number of aromatic nitrogens is 4. The van der Waals surface area contributed by atoms with E-state index in [4.69, 9.17) is 0 Å². The molecule has 0 atom stereocenters. The summed E-state index contributed by atoms with van der Waals surface area (Å²) in [6.45, 7) is 1.40. The molecule has 4 rings (SSSR count). The maximum atomic E-state index is 12.4. The lowest BCUT2D eigenvalue weighted by Crippen LogP contribution is -2.37. The first-order valence-corrected chi connectivity index (χ1v) is 9.95. The Morgan fingerprint density at radius 3 is 2.79 bits per heavy atom. The molecule has 29 heavy (non-hydrogen) atoms. The van der Waals surface area contributed by atoms with Gasteiger partial charge in [0.05, 0.1) is 18.4 Å². The predicted molar refractivity (Wildman–Crippen MR) is 112 cm³/mol. The second-order valence-electron chi connectivity index (χ2n) is 6.71. The van der Waals surface area contributed by atoms with Crippen LogP contribution in [0.5, 0.6) is 0 Å². The summed E-state index contributed by atoms with van der Waals surface area (Å²) in [7, 11) is 1.67. The number of nitrogens with one attached hydrogen (secondary N) is 2. The highest BCUT2D eigenvalue weighted by Gasteiger charge is 2.12. The van der Waals surface area contributed by atoms with Crippen LogP contribution >= 0.6 is 11.3 Å². The van der Waals surface area contributed by atoms with Gasteiger partial charge in [0.25, 0.3) is 5.56 Å². The molecule has 0 aliphatic heterocycles. The maximum Gasteiger partial charge on any atom is 0.317 e. The number of hydrogen-bond acceptors (Lipinski definition) is 5. The lowest BCUT2D eigenvalue weighted by atomic mass is 10.1. The molecule has 2 amide bonds. The van der Waals surface area contributed by atoms with Gasteiger partial charge >= 0.3 is 6.03 Å². The zero-order valence-electron chi connectivity index (χ0n) is 15.8. The third-order valence-electron chi connectivity index (χ3n) is 4.49. The van der Waals surface area contributed by atoms with Gasteiger partial charge in [-0.3, -0.25) is 4.79 Å². The molecule has 0 aliphatic carbocycles. The molecule has 148 valence electrons. The average molecular weight is 408 g/mol. The summed E-state index contributed by atoms with van der Waals surface area (Å²) in [6.07, 6.45) is 5.45. The summed E-state index contributed by atoms with van der Waals surface area (Å²) < 4.78 is 2.59. The number of nitrogens with zero attached hydrogens (tertiary/aromatic N) is 4. The van der Waals surface area contributed by atoms with Gasteiger partial charge in [-0.1, -0.05) is 24.3 Å². The second-order valence-corrected chi connectivity index (χ2v) is 7.63. The first kappa shape index (κ1) is 18.9. The molecular formula is C20H20N6O2S. The van der Waals surface area contributed by atoms with E-state index in [1.807, 2.05) is 40.4 Å². The highest BCUT2D eigenvalue weighted by molar-refractivity contribution is 7.17. The number of rotatable bonds is 6. The second kappa shape index (κ2) is 8.27. The van der Waals surface area contributed by atoms with Crippen molar-refractivity contribution in [3.8, 4) is 0 Å². The molecule has 3 aromatic heterocycles. The number of aromatic amines is 1. The van der Waals surface area contributed by atoms with Crippen LogP contribution in [0.15, 0.2) is 59.2 Å². The van der Waals surface area contributed by atoms with Crippen LogP contribution in [-0.2, 0) is 19.6 Å². The third-order valence-corrected chi connectivity index (χ3v) is 5.39. The minimum absolute atomic E-state index is 0.176. The zero-order chi connectivity index (χ0) is 20.2. The molecule has 0 fully saturated rings. The Morgan fingerprint density at radius 2 is 2.03 bits per heavy atom. The standard InChI is InChI=1S/C20H20N6O2S/c1-25(12-17-23-16-6-9-29-18(16)19(27)24-17)20(28)22-10-14-2-4-15(5-3-14)11-26-8-7-21-13-26/h2-9,13H,10-12H2,1H3,(H,22,28)(H,23,24,27). The molecule has 0 aliphatic rings. The number of thiophene rings is 1. The number of carbonyl (C=O) groups is 1. The van der Waals surface area contributed by atoms with Crippen LogP contribution < -0.4 is 10.9 Å². The van der Waals surface area contributed by atoms with Gasteiger partial charge in [0, 0.05) is 32.5 Å². The van der Waals surface area contributed by atoms with Crippen LogP contribution in [0.25, 0.3) is 10.2 Å². The molecule has 0 saturated carbocycles. The number of hydrogen-bond donors (Lipinski definition) is 2. The molecule has 0 saturated heterocycles. The minimum Gasteiger partial charge on any atom is -0.334 e. The van der Waals surface area contributed by atoms with Gasteiger partial charge in [0.15, 0.2) is 0 Å². The van der Waals surface area contributed by atoms with Crippen molar-refractivity contribution in [3.63, 3.8) is 0 Å². The summed E-state index contributed by atoms with van der Waals surface area (Å²) in [5.74, 6) is 0.461. The van der Waals surface area contributed by atoms with Crippen LogP contribution in [0.3, 0.4) is 0 Å². The molecule has 3 heterocycles. The Hall–Kier alpha value is -3.46. The van der Waals surface area contributed by atoms with Gasteiger partial charge in [-0.05, 0) is 22.6 Å². The summed E-state index contributed by atoms with van der Waals surface area (Å²) in [5.41, 5.74) is 2.64. The van der Waals surface area contributed by atoms with Crippen LogP contribution in [-0.4, -0.2) is 37.5 Å². The van der Waals surface area contributed by atoms with Crippen molar-refractivity contribution in [2.24, 2.45) is 0 Å². The number of benzene rings is 1. The Kier molecular flexibility index (Phi) is 5.39. The van der Waals surface area contributed by atoms with E-state index in [0.29, 0.717) is 22.6 Å². The van der Waals surface area contributed by atoms with Crippen molar-refractivity contribution in [2.75, 3.05) is 7.05 Å². The van der Waals surface area contributed by atoms with Crippen molar-refractivity contribution in [3.05, 3.63) is 81.7 Å².